The largest absolute Gasteiger partial charge is 0.497 e. The molecular weight excluding hydrogens is 332 g/mol. The maximum atomic E-state index is 12.6. The third kappa shape index (κ3) is 4.55. The fourth-order valence-corrected chi connectivity index (χ4v) is 3.44. The van der Waals surface area contributed by atoms with E-state index in [2.05, 4.69) is 5.32 Å². The lowest BCUT2D eigenvalue weighted by molar-refractivity contribution is -0.136. The van der Waals surface area contributed by atoms with Crippen LogP contribution in [0.3, 0.4) is 0 Å². The molecule has 1 saturated carbocycles. The van der Waals surface area contributed by atoms with Crippen LogP contribution in [0.2, 0.25) is 0 Å². The molecule has 142 valence electrons. The lowest BCUT2D eigenvalue weighted by atomic mass is 10.1. The summed E-state index contributed by atoms with van der Waals surface area (Å²) < 4.78 is 10.6. The number of aryl methyl sites for hydroxylation is 1. The summed E-state index contributed by atoms with van der Waals surface area (Å²) >= 11 is 0. The zero-order valence-corrected chi connectivity index (χ0v) is 15.6. The Bertz CT molecular complexity index is 651. The van der Waals surface area contributed by atoms with Crippen molar-refractivity contribution in [3.8, 4) is 5.75 Å². The summed E-state index contributed by atoms with van der Waals surface area (Å²) in [6.07, 6.45) is 3.75. The highest BCUT2D eigenvalue weighted by molar-refractivity contribution is 5.95. The second-order valence-corrected chi connectivity index (χ2v) is 7.09. The highest BCUT2D eigenvalue weighted by Gasteiger charge is 2.36. The van der Waals surface area contributed by atoms with Gasteiger partial charge in [0.05, 0.1) is 7.11 Å². The Morgan fingerprint density at radius 1 is 1.23 bits per heavy atom. The molecule has 1 heterocycles. The van der Waals surface area contributed by atoms with Gasteiger partial charge >= 0.3 is 0 Å². The molecule has 1 aromatic rings. The van der Waals surface area contributed by atoms with Crippen LogP contribution < -0.4 is 10.1 Å². The Kier molecular flexibility index (Phi) is 6.14. The van der Waals surface area contributed by atoms with E-state index in [0.29, 0.717) is 31.9 Å². The number of nitrogens with zero attached hydrogens (tertiary/aromatic N) is 1. The van der Waals surface area contributed by atoms with Crippen molar-refractivity contribution in [1.29, 1.82) is 0 Å². The van der Waals surface area contributed by atoms with Gasteiger partial charge < -0.3 is 19.7 Å². The standard InChI is InChI=1S/C20H28N2O4/c1-14-13-17(25-2)5-6-18(14)19(23)21-9-10-22(20(24)15-3-4-15)16-7-11-26-12-8-16/h5-6,13,15-16H,3-4,7-12H2,1-2H3,(H,21,23). The Labute approximate surface area is 154 Å². The summed E-state index contributed by atoms with van der Waals surface area (Å²) in [7, 11) is 1.61. The Morgan fingerprint density at radius 2 is 1.96 bits per heavy atom. The number of ether oxygens (including phenoxy) is 2. The van der Waals surface area contributed by atoms with Gasteiger partial charge in [-0.15, -0.1) is 0 Å². The molecule has 1 N–H and O–H groups in total. The van der Waals surface area contributed by atoms with Crippen molar-refractivity contribution in [3.63, 3.8) is 0 Å². The molecule has 1 aliphatic heterocycles. The lowest BCUT2D eigenvalue weighted by Gasteiger charge is -2.34. The van der Waals surface area contributed by atoms with E-state index in [1.807, 2.05) is 17.9 Å². The molecule has 2 aliphatic rings. The molecule has 1 aliphatic carbocycles. The average Bonchev–Trinajstić information content (AvgIpc) is 3.50. The van der Waals surface area contributed by atoms with Crippen molar-refractivity contribution in [3.05, 3.63) is 29.3 Å². The highest BCUT2D eigenvalue weighted by Crippen LogP contribution is 2.32. The maximum Gasteiger partial charge on any atom is 0.251 e. The number of nitrogens with one attached hydrogen (secondary N) is 1. The highest BCUT2D eigenvalue weighted by atomic mass is 16.5. The van der Waals surface area contributed by atoms with Gasteiger partial charge in [-0.2, -0.15) is 0 Å². The molecular formula is C20H28N2O4. The van der Waals surface area contributed by atoms with Crippen molar-refractivity contribution in [2.75, 3.05) is 33.4 Å². The molecule has 1 aromatic carbocycles. The summed E-state index contributed by atoms with van der Waals surface area (Å²) in [5, 5.41) is 2.96. The first-order chi connectivity index (χ1) is 12.6. The van der Waals surface area contributed by atoms with Gasteiger partial charge in [0.2, 0.25) is 5.91 Å². The average molecular weight is 360 g/mol. The topological polar surface area (TPSA) is 67.9 Å². The van der Waals surface area contributed by atoms with Crippen LogP contribution in [0.1, 0.15) is 41.6 Å². The smallest absolute Gasteiger partial charge is 0.251 e. The molecule has 2 fully saturated rings. The first-order valence-electron chi connectivity index (χ1n) is 9.41. The molecule has 3 rings (SSSR count). The number of carbonyl (C=O) groups excluding carboxylic acids is 2. The summed E-state index contributed by atoms with van der Waals surface area (Å²) in [4.78, 5) is 27.1. The number of benzene rings is 1. The molecule has 6 heteroatoms. The van der Waals surface area contributed by atoms with E-state index in [0.717, 1.165) is 37.0 Å². The van der Waals surface area contributed by atoms with E-state index in [4.69, 9.17) is 9.47 Å². The number of rotatable bonds is 7. The summed E-state index contributed by atoms with van der Waals surface area (Å²) in [5.74, 6) is 1.06. The molecule has 0 radical (unpaired) electrons. The molecule has 1 saturated heterocycles. The van der Waals surface area contributed by atoms with Crippen molar-refractivity contribution >= 4 is 11.8 Å². The van der Waals surface area contributed by atoms with Crippen LogP contribution in [0.4, 0.5) is 0 Å². The first-order valence-corrected chi connectivity index (χ1v) is 9.41. The normalized spacial score (nSPS) is 17.6. The van der Waals surface area contributed by atoms with Gasteiger partial charge in [0.25, 0.3) is 5.91 Å². The van der Waals surface area contributed by atoms with E-state index < -0.39 is 0 Å². The monoisotopic (exact) mass is 360 g/mol. The Balaban J connectivity index is 1.56. The molecule has 6 nitrogen and oxygen atoms in total. The third-order valence-electron chi connectivity index (χ3n) is 5.16. The van der Waals surface area contributed by atoms with Crippen LogP contribution in [0, 0.1) is 12.8 Å². The maximum absolute atomic E-state index is 12.6. The number of hydrogen-bond donors (Lipinski definition) is 1. The van der Waals surface area contributed by atoms with Gasteiger partial charge in [0.1, 0.15) is 5.75 Å². The molecule has 0 aromatic heterocycles. The molecule has 26 heavy (non-hydrogen) atoms. The van der Waals surface area contributed by atoms with Gasteiger partial charge in [-0.1, -0.05) is 0 Å². The third-order valence-corrected chi connectivity index (χ3v) is 5.16. The van der Waals surface area contributed by atoms with E-state index in [-0.39, 0.29) is 23.8 Å². The van der Waals surface area contributed by atoms with Crippen molar-refractivity contribution in [2.45, 2.75) is 38.6 Å². The van der Waals surface area contributed by atoms with Gasteiger partial charge in [-0.25, -0.2) is 0 Å². The van der Waals surface area contributed by atoms with Crippen LogP contribution in [-0.2, 0) is 9.53 Å². The number of amides is 2. The van der Waals surface area contributed by atoms with Gasteiger partial charge in [0.15, 0.2) is 0 Å². The van der Waals surface area contributed by atoms with Crippen LogP contribution in [0.25, 0.3) is 0 Å². The Morgan fingerprint density at radius 3 is 2.58 bits per heavy atom. The minimum absolute atomic E-state index is 0.115. The number of carbonyl (C=O) groups is 2. The Hall–Kier alpha value is -2.08. The lowest BCUT2D eigenvalue weighted by Crippen LogP contribution is -2.47. The minimum Gasteiger partial charge on any atom is -0.497 e. The molecule has 0 unspecified atom stereocenters. The zero-order valence-electron chi connectivity index (χ0n) is 15.6. The summed E-state index contributed by atoms with van der Waals surface area (Å²) in [5.41, 5.74) is 1.51. The summed E-state index contributed by atoms with van der Waals surface area (Å²) in [6, 6.07) is 5.64. The summed E-state index contributed by atoms with van der Waals surface area (Å²) in [6.45, 7) is 4.32. The SMILES string of the molecule is COc1ccc(C(=O)NCCN(C(=O)C2CC2)C2CCOCC2)c(C)c1. The molecule has 0 bridgehead atoms. The van der Waals surface area contributed by atoms with Crippen molar-refractivity contribution < 1.29 is 19.1 Å². The van der Waals surface area contributed by atoms with Gasteiger partial charge in [-0.3, -0.25) is 9.59 Å². The fraction of sp³-hybridized carbons (Fsp3) is 0.600. The van der Waals surface area contributed by atoms with Crippen LogP contribution in [0.5, 0.6) is 5.75 Å². The quantitative estimate of drug-likeness (QED) is 0.809. The van der Waals surface area contributed by atoms with E-state index in [1.165, 1.54) is 0 Å². The molecule has 0 atom stereocenters. The van der Waals surface area contributed by atoms with E-state index in [9.17, 15) is 9.59 Å². The zero-order chi connectivity index (χ0) is 18.5. The van der Waals surface area contributed by atoms with Crippen LogP contribution >= 0.6 is 0 Å². The van der Waals surface area contributed by atoms with Gasteiger partial charge in [0, 0.05) is 43.8 Å². The second-order valence-electron chi connectivity index (χ2n) is 7.09. The first kappa shape index (κ1) is 18.7. The van der Waals surface area contributed by atoms with E-state index in [1.54, 1.807) is 19.2 Å². The van der Waals surface area contributed by atoms with E-state index >= 15 is 0 Å². The predicted octanol–water partition coefficient (Wildman–Crippen LogP) is 2.15. The number of methoxy groups -OCH3 is 1. The molecule has 2 amide bonds. The van der Waals surface area contributed by atoms with Crippen LogP contribution in [0.15, 0.2) is 18.2 Å². The second kappa shape index (κ2) is 8.54. The molecule has 0 spiro atoms. The van der Waals surface area contributed by atoms with Gasteiger partial charge in [-0.05, 0) is 56.4 Å². The minimum atomic E-state index is -0.115. The number of hydrogen-bond acceptors (Lipinski definition) is 4. The van der Waals surface area contributed by atoms with Crippen molar-refractivity contribution in [2.24, 2.45) is 5.92 Å². The predicted molar refractivity (Wildman–Crippen MR) is 98.3 cm³/mol. The fourth-order valence-electron chi connectivity index (χ4n) is 3.44. The van der Waals surface area contributed by atoms with Crippen LogP contribution in [-0.4, -0.2) is 56.2 Å². The van der Waals surface area contributed by atoms with Crippen molar-refractivity contribution in [1.82, 2.24) is 10.2 Å².